The van der Waals surface area contributed by atoms with E-state index >= 15 is 0 Å². The van der Waals surface area contributed by atoms with Crippen molar-refractivity contribution in [3.05, 3.63) is 0 Å². The van der Waals surface area contributed by atoms with E-state index in [1.165, 1.54) is 64.3 Å². The first-order chi connectivity index (χ1) is 8.65. The minimum absolute atomic E-state index is 0.525. The van der Waals surface area contributed by atoms with Gasteiger partial charge in [-0.15, -0.1) is 0 Å². The summed E-state index contributed by atoms with van der Waals surface area (Å²) in [4.78, 5) is 2.68. The highest BCUT2D eigenvalue weighted by molar-refractivity contribution is 7.80. The molecule has 1 nitrogen and oxygen atoms in total. The van der Waals surface area contributed by atoms with Crippen LogP contribution in [0.5, 0.6) is 0 Å². The molecule has 0 amide bonds. The fraction of sp³-hybridized carbons (Fsp3) is 1.00. The molecule has 0 heterocycles. The average molecular weight is 269 g/mol. The summed E-state index contributed by atoms with van der Waals surface area (Å²) in [5, 5.41) is 0. The SMILES string of the molecule is CC1CCCC(N(C)CC2(CS)CCCCC2)C1. The highest BCUT2D eigenvalue weighted by Gasteiger charge is 2.34. The summed E-state index contributed by atoms with van der Waals surface area (Å²) in [6, 6.07) is 0.840. The van der Waals surface area contributed by atoms with Crippen LogP contribution in [-0.4, -0.2) is 30.3 Å². The Morgan fingerprint density at radius 3 is 2.44 bits per heavy atom. The zero-order chi connectivity index (χ0) is 13.0. The number of hydrogen-bond donors (Lipinski definition) is 1. The molecule has 0 aromatic carbocycles. The molecule has 2 saturated carbocycles. The molecule has 0 spiro atoms. The Labute approximate surface area is 119 Å². The van der Waals surface area contributed by atoms with Crippen LogP contribution < -0.4 is 0 Å². The van der Waals surface area contributed by atoms with Gasteiger partial charge in [0, 0.05) is 12.6 Å². The zero-order valence-corrected chi connectivity index (χ0v) is 13.2. The van der Waals surface area contributed by atoms with Gasteiger partial charge in [-0.05, 0) is 49.8 Å². The van der Waals surface area contributed by atoms with E-state index in [0.717, 1.165) is 17.7 Å². The Bertz CT molecular complexity index is 247. The molecule has 2 aliphatic rings. The van der Waals surface area contributed by atoms with Gasteiger partial charge in [0.1, 0.15) is 0 Å². The largest absolute Gasteiger partial charge is 0.303 e. The van der Waals surface area contributed by atoms with E-state index in [0.29, 0.717) is 5.41 Å². The van der Waals surface area contributed by atoms with E-state index in [1.54, 1.807) is 0 Å². The van der Waals surface area contributed by atoms with E-state index in [4.69, 9.17) is 0 Å². The molecule has 2 fully saturated rings. The van der Waals surface area contributed by atoms with E-state index in [2.05, 4.69) is 31.5 Å². The molecule has 0 bridgehead atoms. The van der Waals surface area contributed by atoms with Gasteiger partial charge in [-0.2, -0.15) is 12.6 Å². The molecule has 0 aromatic rings. The zero-order valence-electron chi connectivity index (χ0n) is 12.3. The predicted molar refractivity (Wildman–Crippen MR) is 83.4 cm³/mol. The van der Waals surface area contributed by atoms with Crippen LogP contribution in [0, 0.1) is 11.3 Å². The molecule has 18 heavy (non-hydrogen) atoms. The molecule has 2 heteroatoms. The first kappa shape index (κ1) is 14.7. The van der Waals surface area contributed by atoms with Crippen molar-refractivity contribution in [1.82, 2.24) is 4.90 Å². The smallest absolute Gasteiger partial charge is 0.00949 e. The van der Waals surface area contributed by atoms with Crippen molar-refractivity contribution in [1.29, 1.82) is 0 Å². The summed E-state index contributed by atoms with van der Waals surface area (Å²) in [7, 11) is 2.36. The molecule has 2 atom stereocenters. The van der Waals surface area contributed by atoms with Crippen molar-refractivity contribution in [3.63, 3.8) is 0 Å². The molecule has 0 N–H and O–H groups in total. The van der Waals surface area contributed by atoms with Crippen molar-refractivity contribution in [2.24, 2.45) is 11.3 Å². The molecule has 0 aromatic heterocycles. The van der Waals surface area contributed by atoms with Gasteiger partial charge in [0.2, 0.25) is 0 Å². The molecular formula is C16H31NS. The summed E-state index contributed by atoms with van der Waals surface area (Å²) in [5.41, 5.74) is 0.525. The summed E-state index contributed by atoms with van der Waals surface area (Å²) in [5.74, 6) is 2.02. The molecule has 2 unspecified atom stereocenters. The van der Waals surface area contributed by atoms with Crippen molar-refractivity contribution < 1.29 is 0 Å². The maximum Gasteiger partial charge on any atom is 0.00949 e. The first-order valence-electron chi connectivity index (χ1n) is 7.96. The Balaban J connectivity index is 1.89. The lowest BCUT2D eigenvalue weighted by Crippen LogP contribution is -2.44. The minimum atomic E-state index is 0.525. The van der Waals surface area contributed by atoms with Crippen molar-refractivity contribution in [3.8, 4) is 0 Å². The molecule has 2 rings (SSSR count). The fourth-order valence-electron chi connectivity index (χ4n) is 4.13. The van der Waals surface area contributed by atoms with Crippen LogP contribution in [0.3, 0.4) is 0 Å². The van der Waals surface area contributed by atoms with Crippen LogP contribution in [-0.2, 0) is 0 Å². The lowest BCUT2D eigenvalue weighted by atomic mass is 9.74. The fourth-order valence-corrected chi connectivity index (χ4v) is 4.54. The molecule has 2 aliphatic carbocycles. The Kier molecular flexibility index (Phi) is 5.44. The van der Waals surface area contributed by atoms with Crippen LogP contribution in [0.4, 0.5) is 0 Å². The third-order valence-corrected chi connectivity index (χ3v) is 6.04. The summed E-state index contributed by atoms with van der Waals surface area (Å²) < 4.78 is 0. The van der Waals surface area contributed by atoms with Gasteiger partial charge < -0.3 is 4.90 Å². The van der Waals surface area contributed by atoms with Crippen molar-refractivity contribution >= 4 is 12.6 Å². The molecule has 0 aliphatic heterocycles. The van der Waals surface area contributed by atoms with Gasteiger partial charge in [-0.1, -0.05) is 39.0 Å². The Morgan fingerprint density at radius 2 is 1.83 bits per heavy atom. The monoisotopic (exact) mass is 269 g/mol. The minimum Gasteiger partial charge on any atom is -0.303 e. The maximum absolute atomic E-state index is 4.68. The van der Waals surface area contributed by atoms with Crippen molar-refractivity contribution in [2.75, 3.05) is 19.3 Å². The topological polar surface area (TPSA) is 3.24 Å². The summed E-state index contributed by atoms with van der Waals surface area (Å²) in [6.07, 6.45) is 12.8. The highest BCUT2D eigenvalue weighted by atomic mass is 32.1. The van der Waals surface area contributed by atoms with E-state index in [-0.39, 0.29) is 0 Å². The lowest BCUT2D eigenvalue weighted by molar-refractivity contribution is 0.0875. The number of hydrogen-bond acceptors (Lipinski definition) is 2. The second-order valence-electron chi connectivity index (χ2n) is 7.06. The summed E-state index contributed by atoms with van der Waals surface area (Å²) in [6.45, 7) is 3.71. The highest BCUT2D eigenvalue weighted by Crippen LogP contribution is 2.39. The molecular weight excluding hydrogens is 238 g/mol. The third kappa shape index (κ3) is 3.66. The van der Waals surface area contributed by atoms with Gasteiger partial charge in [-0.3, -0.25) is 0 Å². The van der Waals surface area contributed by atoms with E-state index in [9.17, 15) is 0 Å². The lowest BCUT2D eigenvalue weighted by Gasteiger charge is -2.43. The number of thiol groups is 1. The van der Waals surface area contributed by atoms with Crippen LogP contribution in [0.25, 0.3) is 0 Å². The first-order valence-corrected chi connectivity index (χ1v) is 8.59. The van der Waals surface area contributed by atoms with E-state index < -0.39 is 0 Å². The quantitative estimate of drug-likeness (QED) is 0.741. The predicted octanol–water partition coefficient (Wildman–Crippen LogP) is 4.38. The summed E-state index contributed by atoms with van der Waals surface area (Å²) >= 11 is 4.68. The maximum atomic E-state index is 4.68. The number of nitrogens with zero attached hydrogens (tertiary/aromatic N) is 1. The average Bonchev–Trinajstić information content (AvgIpc) is 2.40. The van der Waals surface area contributed by atoms with Crippen LogP contribution >= 0.6 is 12.6 Å². The normalized spacial score (nSPS) is 32.7. The molecule has 0 saturated heterocycles. The van der Waals surface area contributed by atoms with Crippen LogP contribution in [0.15, 0.2) is 0 Å². The van der Waals surface area contributed by atoms with Gasteiger partial charge in [0.05, 0.1) is 0 Å². The van der Waals surface area contributed by atoms with Gasteiger partial charge >= 0.3 is 0 Å². The third-order valence-electron chi connectivity index (χ3n) is 5.37. The van der Waals surface area contributed by atoms with Crippen LogP contribution in [0.2, 0.25) is 0 Å². The second-order valence-corrected chi connectivity index (χ2v) is 7.38. The number of rotatable bonds is 4. The standard InChI is InChI=1S/C16H31NS/c1-14-7-6-8-15(11-14)17(2)12-16(13-18)9-4-3-5-10-16/h14-15,18H,3-13H2,1-2H3. The van der Waals surface area contributed by atoms with E-state index in [1.807, 2.05) is 0 Å². The Morgan fingerprint density at radius 1 is 1.11 bits per heavy atom. The van der Waals surface area contributed by atoms with Crippen molar-refractivity contribution in [2.45, 2.75) is 70.8 Å². The van der Waals surface area contributed by atoms with Gasteiger partial charge in [-0.25, -0.2) is 0 Å². The second kappa shape index (κ2) is 6.65. The van der Waals surface area contributed by atoms with Gasteiger partial charge in [0.25, 0.3) is 0 Å². The molecule has 106 valence electrons. The van der Waals surface area contributed by atoms with Crippen LogP contribution in [0.1, 0.15) is 64.7 Å². The molecule has 0 radical (unpaired) electrons. The Hall–Kier alpha value is 0.310. The van der Waals surface area contributed by atoms with Gasteiger partial charge in [0.15, 0.2) is 0 Å².